The third-order valence-electron chi connectivity index (χ3n) is 4.26. The highest BCUT2D eigenvalue weighted by Crippen LogP contribution is 2.14. The number of nitrogens with two attached hydrogens (primary N) is 1. The summed E-state index contributed by atoms with van der Waals surface area (Å²) in [5, 5.41) is 4.49. The Balaban J connectivity index is 1.74. The summed E-state index contributed by atoms with van der Waals surface area (Å²) in [4.78, 5) is 17.4. The largest absolute Gasteiger partial charge is 0.369 e. The van der Waals surface area contributed by atoms with Gasteiger partial charge in [0.05, 0.1) is 6.54 Å². The molecule has 0 radical (unpaired) electrons. The lowest BCUT2D eigenvalue weighted by atomic mass is 10.1. The van der Waals surface area contributed by atoms with Gasteiger partial charge in [-0.05, 0) is 18.4 Å². The van der Waals surface area contributed by atoms with Gasteiger partial charge in [0.25, 0.3) is 0 Å². The van der Waals surface area contributed by atoms with Crippen molar-refractivity contribution in [2.75, 3.05) is 13.1 Å². The summed E-state index contributed by atoms with van der Waals surface area (Å²) in [6.07, 6.45) is 3.12. The molecule has 0 atom stereocenters. The molecule has 0 aromatic heterocycles. The van der Waals surface area contributed by atoms with Crippen molar-refractivity contribution in [3.63, 3.8) is 0 Å². The number of guanidine groups is 1. The molecule has 6 nitrogen and oxygen atoms in total. The van der Waals surface area contributed by atoms with Crippen LogP contribution in [0.15, 0.2) is 64.7 Å². The fourth-order valence-electron chi connectivity index (χ4n) is 2.86. The molecule has 0 aliphatic carbocycles. The molecule has 1 heterocycles. The standard InChI is InChI=1S/C20H23N5O/c21-20(22-14-16-6-2-1-3-7-16)24-23-19(25-12-4-5-13-25)18-10-8-17(15-26)9-11-18/h1-3,6-11,15H,4-5,12-14H2,(H3,21,22,24). The number of hydrazone groups is 1. The predicted molar refractivity (Wildman–Crippen MR) is 104 cm³/mol. The molecule has 2 aromatic rings. The third kappa shape index (κ3) is 4.69. The maximum atomic E-state index is 10.9. The van der Waals surface area contributed by atoms with Gasteiger partial charge in [0.1, 0.15) is 6.29 Å². The summed E-state index contributed by atoms with van der Waals surface area (Å²) < 4.78 is 0. The summed E-state index contributed by atoms with van der Waals surface area (Å²) >= 11 is 0. The van der Waals surface area contributed by atoms with Crippen LogP contribution in [0.4, 0.5) is 0 Å². The summed E-state index contributed by atoms with van der Waals surface area (Å²) in [5.41, 5.74) is 11.5. The van der Waals surface area contributed by atoms with Gasteiger partial charge in [-0.1, -0.05) is 54.6 Å². The Hall–Kier alpha value is -3.15. The van der Waals surface area contributed by atoms with E-state index in [-0.39, 0.29) is 5.96 Å². The minimum Gasteiger partial charge on any atom is -0.369 e. The van der Waals surface area contributed by atoms with Crippen molar-refractivity contribution in [1.29, 1.82) is 0 Å². The fraction of sp³-hybridized carbons (Fsp3) is 0.250. The number of aliphatic imine (C=N–C) groups is 1. The van der Waals surface area contributed by atoms with E-state index in [1.54, 1.807) is 12.1 Å². The third-order valence-corrected chi connectivity index (χ3v) is 4.26. The van der Waals surface area contributed by atoms with E-state index in [0.29, 0.717) is 12.1 Å². The van der Waals surface area contributed by atoms with Crippen LogP contribution in [-0.2, 0) is 6.54 Å². The Morgan fingerprint density at radius 3 is 2.42 bits per heavy atom. The highest BCUT2D eigenvalue weighted by atomic mass is 16.1. The van der Waals surface area contributed by atoms with Crippen LogP contribution in [0.1, 0.15) is 34.3 Å². The number of likely N-dealkylation sites (tertiary alicyclic amines) is 1. The van der Waals surface area contributed by atoms with Gasteiger partial charge in [0.2, 0.25) is 5.96 Å². The Labute approximate surface area is 153 Å². The van der Waals surface area contributed by atoms with E-state index in [2.05, 4.69) is 20.4 Å². The van der Waals surface area contributed by atoms with E-state index in [0.717, 1.165) is 49.2 Å². The van der Waals surface area contributed by atoms with Crippen LogP contribution in [0.2, 0.25) is 0 Å². The van der Waals surface area contributed by atoms with Gasteiger partial charge in [-0.3, -0.25) is 4.79 Å². The van der Waals surface area contributed by atoms with Gasteiger partial charge in [0, 0.05) is 24.2 Å². The molecule has 2 aromatic carbocycles. The van der Waals surface area contributed by atoms with Gasteiger partial charge < -0.3 is 10.6 Å². The van der Waals surface area contributed by atoms with Crippen LogP contribution in [0, 0.1) is 0 Å². The van der Waals surface area contributed by atoms with E-state index >= 15 is 0 Å². The number of rotatable bonds is 5. The first-order valence-electron chi connectivity index (χ1n) is 8.74. The highest BCUT2D eigenvalue weighted by molar-refractivity contribution is 6.00. The lowest BCUT2D eigenvalue weighted by molar-refractivity contribution is 0.112. The zero-order chi connectivity index (χ0) is 18.2. The lowest BCUT2D eigenvalue weighted by Crippen LogP contribution is -2.34. The number of carbonyl (C=O) groups excluding carboxylic acids is 1. The zero-order valence-corrected chi connectivity index (χ0v) is 14.6. The van der Waals surface area contributed by atoms with E-state index in [9.17, 15) is 4.79 Å². The lowest BCUT2D eigenvalue weighted by Gasteiger charge is -2.20. The van der Waals surface area contributed by atoms with E-state index < -0.39 is 0 Å². The molecule has 1 aliphatic rings. The van der Waals surface area contributed by atoms with Crippen molar-refractivity contribution < 1.29 is 4.79 Å². The Bertz CT molecular complexity index is 778. The summed E-state index contributed by atoms with van der Waals surface area (Å²) in [5.74, 6) is 1.09. The molecule has 1 saturated heterocycles. The van der Waals surface area contributed by atoms with Crippen molar-refractivity contribution in [2.45, 2.75) is 19.4 Å². The van der Waals surface area contributed by atoms with Gasteiger partial charge >= 0.3 is 0 Å². The molecule has 0 saturated carbocycles. The van der Waals surface area contributed by atoms with Crippen molar-refractivity contribution in [3.8, 4) is 0 Å². The number of aldehydes is 1. The number of nitrogens with zero attached hydrogens (tertiary/aromatic N) is 3. The molecule has 0 spiro atoms. The van der Waals surface area contributed by atoms with Crippen LogP contribution in [0.25, 0.3) is 0 Å². The van der Waals surface area contributed by atoms with E-state index in [1.807, 2.05) is 42.5 Å². The number of carbonyl (C=O) groups is 1. The minimum absolute atomic E-state index is 0.273. The Morgan fingerprint density at radius 2 is 1.77 bits per heavy atom. The molecular weight excluding hydrogens is 326 g/mol. The molecule has 3 N–H and O–H groups in total. The second-order valence-corrected chi connectivity index (χ2v) is 6.17. The van der Waals surface area contributed by atoms with Crippen molar-refractivity contribution >= 4 is 18.1 Å². The van der Waals surface area contributed by atoms with Crippen molar-refractivity contribution in [3.05, 3.63) is 71.3 Å². The van der Waals surface area contributed by atoms with Gasteiger partial charge in [-0.15, -0.1) is 0 Å². The summed E-state index contributed by atoms with van der Waals surface area (Å²) in [6.45, 7) is 2.41. The molecule has 0 amide bonds. The number of amidine groups is 1. The van der Waals surface area contributed by atoms with Crippen molar-refractivity contribution in [2.24, 2.45) is 15.8 Å². The minimum atomic E-state index is 0.273. The van der Waals surface area contributed by atoms with Gasteiger partial charge in [0.15, 0.2) is 5.84 Å². The van der Waals surface area contributed by atoms with Crippen molar-refractivity contribution in [1.82, 2.24) is 10.3 Å². The highest BCUT2D eigenvalue weighted by Gasteiger charge is 2.18. The van der Waals surface area contributed by atoms with Crippen LogP contribution in [0.5, 0.6) is 0 Å². The van der Waals surface area contributed by atoms with E-state index in [4.69, 9.17) is 5.73 Å². The predicted octanol–water partition coefficient (Wildman–Crippen LogP) is 2.36. The topological polar surface area (TPSA) is 83.1 Å². The van der Waals surface area contributed by atoms with Crippen LogP contribution in [0.3, 0.4) is 0 Å². The molecule has 134 valence electrons. The monoisotopic (exact) mass is 349 g/mol. The van der Waals surface area contributed by atoms with Gasteiger partial charge in [-0.2, -0.15) is 5.10 Å². The normalized spacial score (nSPS) is 15.2. The first-order valence-corrected chi connectivity index (χ1v) is 8.74. The maximum absolute atomic E-state index is 10.9. The molecular formula is C20H23N5O. The first kappa shape index (κ1) is 17.7. The number of benzene rings is 2. The molecule has 0 unspecified atom stereocenters. The number of hydrogen-bond acceptors (Lipinski definition) is 3. The number of hydrogen-bond donors (Lipinski definition) is 2. The van der Waals surface area contributed by atoms with Crippen LogP contribution < -0.4 is 11.2 Å². The molecule has 1 aliphatic heterocycles. The molecule has 6 heteroatoms. The van der Waals surface area contributed by atoms with Crippen LogP contribution >= 0.6 is 0 Å². The molecule has 26 heavy (non-hydrogen) atoms. The first-order chi connectivity index (χ1) is 12.8. The van der Waals surface area contributed by atoms with Gasteiger partial charge in [-0.25, -0.2) is 10.4 Å². The molecule has 3 rings (SSSR count). The second-order valence-electron chi connectivity index (χ2n) is 6.17. The number of nitrogens with one attached hydrogen (secondary N) is 1. The zero-order valence-electron chi connectivity index (χ0n) is 14.6. The second kappa shape index (κ2) is 8.80. The quantitative estimate of drug-likeness (QED) is 0.376. The smallest absolute Gasteiger partial charge is 0.209 e. The maximum Gasteiger partial charge on any atom is 0.209 e. The van der Waals surface area contributed by atoms with Crippen LogP contribution in [-0.4, -0.2) is 36.1 Å². The summed E-state index contributed by atoms with van der Waals surface area (Å²) in [7, 11) is 0. The summed E-state index contributed by atoms with van der Waals surface area (Å²) in [6, 6.07) is 17.3. The SMILES string of the molecule is NC(=NCc1ccccc1)NN=C(c1ccc(C=O)cc1)N1CCCC1. The fourth-order valence-corrected chi connectivity index (χ4v) is 2.86. The average molecular weight is 349 g/mol. The Kier molecular flexibility index (Phi) is 5.98. The average Bonchev–Trinajstić information content (AvgIpc) is 3.22. The van der Waals surface area contributed by atoms with E-state index in [1.165, 1.54) is 0 Å². The molecule has 1 fully saturated rings. The Morgan fingerprint density at radius 1 is 1.08 bits per heavy atom. The molecule has 0 bridgehead atoms.